The Morgan fingerprint density at radius 2 is 1.46 bits per heavy atom. The van der Waals surface area contributed by atoms with E-state index in [1.807, 2.05) is 0 Å². The molecule has 0 bridgehead atoms. The molecule has 0 aromatic carbocycles. The van der Waals surface area contributed by atoms with Crippen molar-refractivity contribution in [3.63, 3.8) is 0 Å². The van der Waals surface area contributed by atoms with Gasteiger partial charge in [0.05, 0.1) is 0 Å². The van der Waals surface area contributed by atoms with E-state index in [0.717, 1.165) is 0 Å². The van der Waals surface area contributed by atoms with Gasteiger partial charge in [0.25, 0.3) is 0 Å². The van der Waals surface area contributed by atoms with Crippen molar-refractivity contribution in [1.82, 2.24) is 5.32 Å². The van der Waals surface area contributed by atoms with Gasteiger partial charge < -0.3 is 14.8 Å². The molecule has 0 aromatic rings. The molecule has 13 heavy (non-hydrogen) atoms. The molecule has 0 spiro atoms. The molecule has 1 fully saturated rings. The maximum atomic E-state index is 10.6. The van der Waals surface area contributed by atoms with E-state index in [1.165, 1.54) is 13.8 Å². The van der Waals surface area contributed by atoms with Crippen molar-refractivity contribution in [2.45, 2.75) is 26.1 Å². The SMILES string of the molecule is CC(=O)O[C@H]1CNC[C@@H]1OC(C)=O. The molecule has 0 unspecified atom stereocenters. The van der Waals surface area contributed by atoms with Crippen LogP contribution in [-0.2, 0) is 19.1 Å². The van der Waals surface area contributed by atoms with Crippen LogP contribution >= 0.6 is 0 Å². The monoisotopic (exact) mass is 187 g/mol. The molecule has 1 N–H and O–H groups in total. The van der Waals surface area contributed by atoms with Crippen molar-refractivity contribution in [3.05, 3.63) is 0 Å². The van der Waals surface area contributed by atoms with Crippen LogP contribution in [0.25, 0.3) is 0 Å². The van der Waals surface area contributed by atoms with Gasteiger partial charge in [0.1, 0.15) is 0 Å². The first-order chi connectivity index (χ1) is 6.09. The summed E-state index contributed by atoms with van der Waals surface area (Å²) in [5.74, 6) is -0.711. The molecule has 2 atom stereocenters. The maximum Gasteiger partial charge on any atom is 0.303 e. The Bertz CT molecular complexity index is 194. The molecule has 5 heteroatoms. The molecule has 0 saturated carbocycles. The number of nitrogens with one attached hydrogen (secondary N) is 1. The number of esters is 2. The van der Waals surface area contributed by atoms with Crippen LogP contribution in [0.15, 0.2) is 0 Å². The van der Waals surface area contributed by atoms with Gasteiger partial charge in [-0.05, 0) is 0 Å². The summed E-state index contributed by atoms with van der Waals surface area (Å²) < 4.78 is 9.89. The second kappa shape index (κ2) is 4.23. The summed E-state index contributed by atoms with van der Waals surface area (Å²) in [4.78, 5) is 21.3. The zero-order valence-corrected chi connectivity index (χ0v) is 7.70. The first-order valence-electron chi connectivity index (χ1n) is 4.14. The van der Waals surface area contributed by atoms with Gasteiger partial charge in [0, 0.05) is 26.9 Å². The van der Waals surface area contributed by atoms with Crippen molar-refractivity contribution in [2.75, 3.05) is 13.1 Å². The molecular formula is C8H13NO4. The van der Waals surface area contributed by atoms with Crippen molar-refractivity contribution >= 4 is 11.9 Å². The first-order valence-corrected chi connectivity index (χ1v) is 4.14. The van der Waals surface area contributed by atoms with E-state index in [0.29, 0.717) is 13.1 Å². The van der Waals surface area contributed by atoms with Gasteiger partial charge in [-0.25, -0.2) is 0 Å². The van der Waals surface area contributed by atoms with Gasteiger partial charge in [-0.3, -0.25) is 9.59 Å². The summed E-state index contributed by atoms with van der Waals surface area (Å²) in [5.41, 5.74) is 0. The number of hydrogen-bond acceptors (Lipinski definition) is 5. The van der Waals surface area contributed by atoms with Crippen LogP contribution in [0.1, 0.15) is 13.8 Å². The zero-order chi connectivity index (χ0) is 9.84. The number of hydrogen-bond donors (Lipinski definition) is 1. The highest BCUT2D eigenvalue weighted by molar-refractivity contribution is 5.67. The highest BCUT2D eigenvalue weighted by atomic mass is 16.6. The predicted octanol–water partition coefficient (Wildman–Crippen LogP) is -0.547. The Labute approximate surface area is 76.4 Å². The molecule has 1 aliphatic rings. The normalized spacial score (nSPS) is 26.9. The molecule has 0 aliphatic carbocycles. The third-order valence-electron chi connectivity index (χ3n) is 1.74. The van der Waals surface area contributed by atoms with Gasteiger partial charge >= 0.3 is 11.9 Å². The van der Waals surface area contributed by atoms with Crippen LogP contribution in [0.5, 0.6) is 0 Å². The molecule has 0 amide bonds. The Kier molecular flexibility index (Phi) is 3.25. The largest absolute Gasteiger partial charge is 0.457 e. The number of carbonyl (C=O) groups excluding carboxylic acids is 2. The van der Waals surface area contributed by atoms with E-state index in [4.69, 9.17) is 9.47 Å². The second-order valence-corrected chi connectivity index (χ2v) is 2.95. The minimum Gasteiger partial charge on any atom is -0.457 e. The first kappa shape index (κ1) is 9.98. The Morgan fingerprint density at radius 1 is 1.08 bits per heavy atom. The summed E-state index contributed by atoms with van der Waals surface area (Å²) in [6.45, 7) is 3.75. The number of ether oxygens (including phenoxy) is 2. The van der Waals surface area contributed by atoms with Crippen molar-refractivity contribution in [2.24, 2.45) is 0 Å². The number of carbonyl (C=O) groups is 2. The highest BCUT2D eigenvalue weighted by Gasteiger charge is 2.31. The van der Waals surface area contributed by atoms with Crippen LogP contribution < -0.4 is 5.32 Å². The lowest BCUT2D eigenvalue weighted by molar-refractivity contribution is -0.160. The van der Waals surface area contributed by atoms with Crippen molar-refractivity contribution in [3.8, 4) is 0 Å². The fraction of sp³-hybridized carbons (Fsp3) is 0.750. The molecule has 1 heterocycles. The Hall–Kier alpha value is -1.10. The average molecular weight is 187 g/mol. The third kappa shape index (κ3) is 3.02. The molecule has 5 nitrogen and oxygen atoms in total. The quantitative estimate of drug-likeness (QED) is 0.588. The van der Waals surface area contributed by atoms with E-state index >= 15 is 0 Å². The molecule has 1 rings (SSSR count). The third-order valence-corrected chi connectivity index (χ3v) is 1.74. The van der Waals surface area contributed by atoms with Gasteiger partial charge in [-0.1, -0.05) is 0 Å². The molecule has 1 aliphatic heterocycles. The minimum atomic E-state index is -0.356. The predicted molar refractivity (Wildman–Crippen MR) is 44.0 cm³/mol. The number of rotatable bonds is 2. The fourth-order valence-corrected chi connectivity index (χ4v) is 1.29. The maximum absolute atomic E-state index is 10.6. The Morgan fingerprint density at radius 3 is 1.77 bits per heavy atom. The standard InChI is InChI=1S/C8H13NO4/c1-5(10)12-7-3-9-4-8(7)13-6(2)11/h7-9H,3-4H2,1-2H3/t7-,8-/m0/s1. The lowest BCUT2D eigenvalue weighted by atomic mass is 10.2. The lowest BCUT2D eigenvalue weighted by Gasteiger charge is -2.17. The van der Waals surface area contributed by atoms with Crippen LogP contribution in [0, 0.1) is 0 Å². The van der Waals surface area contributed by atoms with E-state index in [-0.39, 0.29) is 24.1 Å². The van der Waals surface area contributed by atoms with Gasteiger partial charge in [0.15, 0.2) is 12.2 Å². The lowest BCUT2D eigenvalue weighted by Crippen LogP contribution is -2.32. The van der Waals surface area contributed by atoms with Crippen molar-refractivity contribution in [1.29, 1.82) is 0 Å². The topological polar surface area (TPSA) is 64.6 Å². The van der Waals surface area contributed by atoms with Gasteiger partial charge in [-0.15, -0.1) is 0 Å². The van der Waals surface area contributed by atoms with Gasteiger partial charge in [-0.2, -0.15) is 0 Å². The summed E-state index contributed by atoms with van der Waals surface area (Å²) in [6, 6.07) is 0. The minimum absolute atomic E-state index is 0.346. The van der Waals surface area contributed by atoms with Crippen LogP contribution in [0.2, 0.25) is 0 Å². The van der Waals surface area contributed by atoms with E-state index in [1.54, 1.807) is 0 Å². The Balaban J connectivity index is 2.43. The summed E-state index contributed by atoms with van der Waals surface area (Å²) in [6.07, 6.45) is -0.692. The summed E-state index contributed by atoms with van der Waals surface area (Å²) in [7, 11) is 0. The van der Waals surface area contributed by atoms with E-state index < -0.39 is 0 Å². The van der Waals surface area contributed by atoms with Crippen LogP contribution in [0.3, 0.4) is 0 Å². The molecule has 0 radical (unpaired) electrons. The zero-order valence-electron chi connectivity index (χ0n) is 7.70. The van der Waals surface area contributed by atoms with Crippen LogP contribution in [-0.4, -0.2) is 37.2 Å². The molecule has 74 valence electrons. The summed E-state index contributed by atoms with van der Waals surface area (Å²) in [5, 5.41) is 2.98. The highest BCUT2D eigenvalue weighted by Crippen LogP contribution is 2.09. The second-order valence-electron chi connectivity index (χ2n) is 2.95. The summed E-state index contributed by atoms with van der Waals surface area (Å²) >= 11 is 0. The van der Waals surface area contributed by atoms with Crippen LogP contribution in [0.4, 0.5) is 0 Å². The van der Waals surface area contributed by atoms with E-state index in [2.05, 4.69) is 5.32 Å². The van der Waals surface area contributed by atoms with E-state index in [9.17, 15) is 9.59 Å². The molecular weight excluding hydrogens is 174 g/mol. The molecule has 0 aromatic heterocycles. The molecule has 1 saturated heterocycles. The smallest absolute Gasteiger partial charge is 0.303 e. The van der Waals surface area contributed by atoms with Crippen molar-refractivity contribution < 1.29 is 19.1 Å². The van der Waals surface area contributed by atoms with Gasteiger partial charge in [0.2, 0.25) is 0 Å². The fourth-order valence-electron chi connectivity index (χ4n) is 1.29. The average Bonchev–Trinajstić information content (AvgIpc) is 2.34.